The van der Waals surface area contributed by atoms with Crippen LogP contribution >= 0.6 is 0 Å². The van der Waals surface area contributed by atoms with Crippen molar-refractivity contribution in [2.24, 2.45) is 0 Å². The highest BCUT2D eigenvalue weighted by Gasteiger charge is 2.18. The molecule has 0 aliphatic carbocycles. The molecule has 186 valence electrons. The number of fused-ring (bicyclic) bond motifs is 10. The molecule has 9 rings (SSSR count). The van der Waals surface area contributed by atoms with E-state index in [1.165, 1.54) is 5.39 Å². The van der Waals surface area contributed by atoms with Gasteiger partial charge in [-0.25, -0.2) is 4.98 Å². The van der Waals surface area contributed by atoms with Crippen LogP contribution in [0.5, 0.6) is 0 Å². The van der Waals surface area contributed by atoms with Crippen molar-refractivity contribution >= 4 is 65.6 Å². The Morgan fingerprint density at radius 1 is 0.550 bits per heavy atom. The number of aromatic nitrogens is 3. The third kappa shape index (κ3) is 2.96. The van der Waals surface area contributed by atoms with Gasteiger partial charge in [0.15, 0.2) is 0 Å². The van der Waals surface area contributed by atoms with Gasteiger partial charge in [-0.1, -0.05) is 72.8 Å². The van der Waals surface area contributed by atoms with Crippen molar-refractivity contribution in [2.45, 2.75) is 0 Å². The van der Waals surface area contributed by atoms with Crippen LogP contribution in [0.2, 0.25) is 0 Å². The molecule has 4 nitrogen and oxygen atoms in total. The molecular formula is C36H21N3O. The predicted octanol–water partition coefficient (Wildman–Crippen LogP) is 9.45. The first-order valence-corrected chi connectivity index (χ1v) is 13.4. The topological polar surface area (TPSA) is 43.9 Å². The molecule has 0 unspecified atom stereocenters. The van der Waals surface area contributed by atoms with E-state index >= 15 is 0 Å². The number of rotatable bonds is 2. The van der Waals surface area contributed by atoms with Crippen molar-refractivity contribution in [1.29, 1.82) is 0 Å². The molecule has 0 fully saturated rings. The number of para-hydroxylation sites is 2. The standard InChI is InChI=1S/C36H21N3O/c1-3-9-30-28(8-1)33-31(20-18-27-26-7-2-4-10-32(26)40-36(27)33)39(30)25-16-13-22(14-17-25)29-19-15-24-12-11-23-6-5-21-37-34(23)35(24)38-29/h1-21H. The summed E-state index contributed by atoms with van der Waals surface area (Å²) in [6, 6.07) is 42.4. The number of nitrogens with zero attached hydrogens (tertiary/aromatic N) is 3. The van der Waals surface area contributed by atoms with Crippen LogP contribution in [0.4, 0.5) is 0 Å². The van der Waals surface area contributed by atoms with E-state index in [2.05, 4.69) is 113 Å². The summed E-state index contributed by atoms with van der Waals surface area (Å²) in [7, 11) is 0. The summed E-state index contributed by atoms with van der Waals surface area (Å²) in [6.07, 6.45) is 1.83. The van der Waals surface area contributed by atoms with Gasteiger partial charge < -0.3 is 8.98 Å². The van der Waals surface area contributed by atoms with Crippen molar-refractivity contribution in [3.05, 3.63) is 128 Å². The molecule has 0 atom stereocenters. The second-order valence-electron chi connectivity index (χ2n) is 10.2. The summed E-state index contributed by atoms with van der Waals surface area (Å²) in [4.78, 5) is 9.65. The Morgan fingerprint density at radius 2 is 1.32 bits per heavy atom. The van der Waals surface area contributed by atoms with Gasteiger partial charge in [0, 0.05) is 44.4 Å². The van der Waals surface area contributed by atoms with E-state index in [-0.39, 0.29) is 0 Å². The van der Waals surface area contributed by atoms with Crippen molar-refractivity contribution in [1.82, 2.24) is 14.5 Å². The minimum atomic E-state index is 0.914. The summed E-state index contributed by atoms with van der Waals surface area (Å²) in [5, 5.41) is 6.80. The molecule has 0 radical (unpaired) electrons. The first-order valence-electron chi connectivity index (χ1n) is 13.4. The minimum Gasteiger partial charge on any atom is -0.455 e. The second-order valence-corrected chi connectivity index (χ2v) is 10.2. The molecule has 0 saturated heterocycles. The molecule has 0 spiro atoms. The van der Waals surface area contributed by atoms with Crippen LogP contribution < -0.4 is 0 Å². The largest absolute Gasteiger partial charge is 0.455 e. The molecule has 0 N–H and O–H groups in total. The maximum atomic E-state index is 6.44. The SMILES string of the molecule is c1cnc2c(c1)ccc1ccc(-c3ccc(-n4c5ccccc5c5c6oc7ccccc7c6ccc54)cc3)nc12. The van der Waals surface area contributed by atoms with Crippen LogP contribution in [-0.4, -0.2) is 14.5 Å². The second kappa shape index (κ2) is 8.01. The molecule has 0 bridgehead atoms. The molecule has 4 heteroatoms. The van der Waals surface area contributed by atoms with Crippen molar-refractivity contribution < 1.29 is 4.42 Å². The van der Waals surface area contributed by atoms with Crippen LogP contribution in [-0.2, 0) is 0 Å². The van der Waals surface area contributed by atoms with Gasteiger partial charge in [-0.05, 0) is 48.5 Å². The van der Waals surface area contributed by atoms with Gasteiger partial charge in [0.25, 0.3) is 0 Å². The molecule has 40 heavy (non-hydrogen) atoms. The third-order valence-corrected chi connectivity index (χ3v) is 8.03. The minimum absolute atomic E-state index is 0.914. The highest BCUT2D eigenvalue weighted by atomic mass is 16.3. The number of benzene rings is 5. The van der Waals surface area contributed by atoms with Gasteiger partial charge >= 0.3 is 0 Å². The quantitative estimate of drug-likeness (QED) is 0.217. The van der Waals surface area contributed by atoms with E-state index in [1.807, 2.05) is 24.4 Å². The lowest BCUT2D eigenvalue weighted by Gasteiger charge is -2.10. The number of hydrogen-bond acceptors (Lipinski definition) is 3. The first-order chi connectivity index (χ1) is 19.8. The van der Waals surface area contributed by atoms with Gasteiger partial charge in [0.05, 0.1) is 33.1 Å². The predicted molar refractivity (Wildman–Crippen MR) is 164 cm³/mol. The Bertz CT molecular complexity index is 2430. The summed E-state index contributed by atoms with van der Waals surface area (Å²) in [5.74, 6) is 0. The van der Waals surface area contributed by atoms with Crippen LogP contribution in [0, 0.1) is 0 Å². The van der Waals surface area contributed by atoms with Crippen molar-refractivity contribution in [3.8, 4) is 16.9 Å². The Morgan fingerprint density at radius 3 is 2.23 bits per heavy atom. The molecule has 0 amide bonds. The van der Waals surface area contributed by atoms with Gasteiger partial charge in [-0.2, -0.15) is 0 Å². The maximum absolute atomic E-state index is 6.44. The lowest BCUT2D eigenvalue weighted by atomic mass is 10.1. The smallest absolute Gasteiger partial charge is 0.145 e. The summed E-state index contributed by atoms with van der Waals surface area (Å²) >= 11 is 0. The fourth-order valence-electron chi connectivity index (χ4n) is 6.18. The van der Waals surface area contributed by atoms with E-state index in [9.17, 15) is 0 Å². The number of furan rings is 1. The molecule has 0 aliphatic heterocycles. The molecule has 0 saturated carbocycles. The molecule has 0 aliphatic rings. The zero-order valence-corrected chi connectivity index (χ0v) is 21.4. The van der Waals surface area contributed by atoms with Gasteiger partial charge in [-0.15, -0.1) is 0 Å². The zero-order chi connectivity index (χ0) is 26.2. The van der Waals surface area contributed by atoms with Crippen LogP contribution in [0.25, 0.3) is 82.5 Å². The molecule has 4 heterocycles. The monoisotopic (exact) mass is 511 g/mol. The molecular weight excluding hydrogens is 490 g/mol. The first kappa shape index (κ1) is 21.5. The van der Waals surface area contributed by atoms with Crippen LogP contribution in [0.15, 0.2) is 132 Å². The van der Waals surface area contributed by atoms with Crippen LogP contribution in [0.1, 0.15) is 0 Å². The number of pyridine rings is 2. The lowest BCUT2D eigenvalue weighted by Crippen LogP contribution is -1.94. The van der Waals surface area contributed by atoms with E-state index < -0.39 is 0 Å². The highest BCUT2D eigenvalue weighted by molar-refractivity contribution is 6.23. The normalized spacial score (nSPS) is 12.0. The molecule has 9 aromatic rings. The molecule has 5 aromatic carbocycles. The van der Waals surface area contributed by atoms with E-state index in [1.54, 1.807) is 0 Å². The van der Waals surface area contributed by atoms with Crippen molar-refractivity contribution in [3.63, 3.8) is 0 Å². The lowest BCUT2D eigenvalue weighted by molar-refractivity contribution is 0.673. The zero-order valence-electron chi connectivity index (χ0n) is 21.4. The van der Waals surface area contributed by atoms with Crippen LogP contribution in [0.3, 0.4) is 0 Å². The average molecular weight is 512 g/mol. The van der Waals surface area contributed by atoms with E-state index in [0.29, 0.717) is 0 Å². The van der Waals surface area contributed by atoms with Gasteiger partial charge in [0.1, 0.15) is 11.2 Å². The van der Waals surface area contributed by atoms with Gasteiger partial charge in [0.2, 0.25) is 0 Å². The number of hydrogen-bond donors (Lipinski definition) is 0. The Balaban J connectivity index is 1.23. The molecule has 4 aromatic heterocycles. The fourth-order valence-corrected chi connectivity index (χ4v) is 6.18. The Hall–Kier alpha value is -5.48. The fraction of sp³-hybridized carbons (Fsp3) is 0. The van der Waals surface area contributed by atoms with Gasteiger partial charge in [-0.3, -0.25) is 4.98 Å². The Kier molecular flexibility index (Phi) is 4.30. The maximum Gasteiger partial charge on any atom is 0.145 e. The highest BCUT2D eigenvalue weighted by Crippen LogP contribution is 2.40. The third-order valence-electron chi connectivity index (χ3n) is 8.03. The Labute approximate surface area is 228 Å². The van der Waals surface area contributed by atoms with Crippen molar-refractivity contribution in [2.75, 3.05) is 0 Å². The van der Waals surface area contributed by atoms with E-state index in [0.717, 1.165) is 77.1 Å². The summed E-state index contributed by atoms with van der Waals surface area (Å²) in [5.41, 5.74) is 9.09. The van der Waals surface area contributed by atoms with E-state index in [4.69, 9.17) is 9.40 Å². The summed E-state index contributed by atoms with van der Waals surface area (Å²) in [6.45, 7) is 0. The average Bonchev–Trinajstić information content (AvgIpc) is 3.57. The summed E-state index contributed by atoms with van der Waals surface area (Å²) < 4.78 is 8.76.